The molecule has 0 aliphatic carbocycles. The Labute approximate surface area is 111 Å². The van der Waals surface area contributed by atoms with Crippen molar-refractivity contribution < 1.29 is 18.8 Å². The number of benzene rings is 1. The van der Waals surface area contributed by atoms with Gasteiger partial charge in [-0.15, -0.1) is 0 Å². The largest absolute Gasteiger partial charge is 0.490 e. The van der Waals surface area contributed by atoms with Crippen LogP contribution >= 0.6 is 0 Å². The molecule has 0 N–H and O–H groups in total. The number of carbonyl (C=O) groups excluding carboxylic acids is 1. The molecule has 1 aromatic carbocycles. The van der Waals surface area contributed by atoms with Crippen molar-refractivity contribution in [3.05, 3.63) is 41.3 Å². The Balaban J connectivity index is 2.12. The third kappa shape index (κ3) is 3.34. The van der Waals surface area contributed by atoms with Gasteiger partial charge < -0.3 is 14.0 Å². The lowest BCUT2D eigenvalue weighted by Crippen LogP contribution is -2.00. The molecule has 0 bridgehead atoms. The van der Waals surface area contributed by atoms with Gasteiger partial charge in [0.05, 0.1) is 6.61 Å². The Kier molecular flexibility index (Phi) is 4.18. The van der Waals surface area contributed by atoms with E-state index in [0.29, 0.717) is 29.4 Å². The molecule has 0 spiro atoms. The van der Waals surface area contributed by atoms with E-state index in [1.165, 1.54) is 0 Å². The van der Waals surface area contributed by atoms with Gasteiger partial charge in [-0.2, -0.15) is 0 Å². The van der Waals surface area contributed by atoms with Crippen molar-refractivity contribution in [1.82, 2.24) is 5.16 Å². The lowest BCUT2D eigenvalue weighted by molar-refractivity contribution is 0.112. The minimum Gasteiger partial charge on any atom is -0.490 e. The third-order valence-corrected chi connectivity index (χ3v) is 2.46. The maximum absolute atomic E-state index is 10.7. The van der Waals surface area contributed by atoms with Crippen LogP contribution in [0.4, 0.5) is 0 Å². The van der Waals surface area contributed by atoms with E-state index < -0.39 is 0 Å². The molecule has 2 aromatic rings. The van der Waals surface area contributed by atoms with E-state index in [1.54, 1.807) is 24.3 Å². The van der Waals surface area contributed by atoms with Gasteiger partial charge in [0.2, 0.25) is 0 Å². The number of ether oxygens (including phenoxy) is 2. The van der Waals surface area contributed by atoms with Gasteiger partial charge >= 0.3 is 0 Å². The number of carbonyl (C=O) groups is 1. The molecule has 0 fully saturated rings. The zero-order valence-electron chi connectivity index (χ0n) is 10.9. The molecule has 0 aliphatic rings. The average molecular weight is 261 g/mol. The normalized spacial score (nSPS) is 10.2. The molecule has 0 saturated carbocycles. The van der Waals surface area contributed by atoms with Crippen LogP contribution in [0.2, 0.25) is 0 Å². The van der Waals surface area contributed by atoms with Gasteiger partial charge in [-0.05, 0) is 32.0 Å². The van der Waals surface area contributed by atoms with E-state index in [2.05, 4.69) is 5.16 Å². The van der Waals surface area contributed by atoms with Gasteiger partial charge in [0.25, 0.3) is 0 Å². The summed E-state index contributed by atoms with van der Waals surface area (Å²) in [5.74, 6) is 1.86. The van der Waals surface area contributed by atoms with E-state index in [4.69, 9.17) is 14.0 Å². The van der Waals surface area contributed by atoms with Crippen molar-refractivity contribution in [3.8, 4) is 11.5 Å². The maximum atomic E-state index is 10.7. The van der Waals surface area contributed by atoms with E-state index in [1.807, 2.05) is 13.8 Å². The second-order valence-corrected chi connectivity index (χ2v) is 3.97. The average Bonchev–Trinajstić information content (AvgIpc) is 2.83. The molecule has 2 rings (SSSR count). The van der Waals surface area contributed by atoms with Crippen LogP contribution in [0.25, 0.3) is 0 Å². The van der Waals surface area contributed by atoms with E-state index in [-0.39, 0.29) is 6.61 Å². The van der Waals surface area contributed by atoms with Crippen LogP contribution in [0.15, 0.2) is 28.8 Å². The van der Waals surface area contributed by atoms with Crippen molar-refractivity contribution in [3.63, 3.8) is 0 Å². The smallest absolute Gasteiger partial charge is 0.161 e. The first kappa shape index (κ1) is 13.1. The molecule has 0 unspecified atom stereocenters. The SMILES string of the molecule is CCOc1cc(C=O)ccc1OCc1cc(C)on1. The Bertz CT molecular complexity index is 562. The highest BCUT2D eigenvalue weighted by Gasteiger charge is 2.08. The molecule has 100 valence electrons. The summed E-state index contributed by atoms with van der Waals surface area (Å²) in [6.07, 6.45) is 0.771. The summed E-state index contributed by atoms with van der Waals surface area (Å²) >= 11 is 0. The number of hydrogen-bond acceptors (Lipinski definition) is 5. The molecule has 1 aromatic heterocycles. The van der Waals surface area contributed by atoms with Crippen molar-refractivity contribution in [2.24, 2.45) is 0 Å². The first-order valence-corrected chi connectivity index (χ1v) is 6.00. The lowest BCUT2D eigenvalue weighted by Gasteiger charge is -2.11. The van der Waals surface area contributed by atoms with Crippen LogP contribution in [0.5, 0.6) is 11.5 Å². The molecule has 0 atom stereocenters. The summed E-state index contributed by atoms with van der Waals surface area (Å²) in [4.78, 5) is 10.7. The number of nitrogens with zero attached hydrogens (tertiary/aromatic N) is 1. The minimum atomic E-state index is 0.290. The quantitative estimate of drug-likeness (QED) is 0.748. The highest BCUT2D eigenvalue weighted by molar-refractivity contribution is 5.76. The molecule has 19 heavy (non-hydrogen) atoms. The fourth-order valence-electron chi connectivity index (χ4n) is 1.62. The second-order valence-electron chi connectivity index (χ2n) is 3.97. The molecule has 0 amide bonds. The number of aromatic nitrogens is 1. The van der Waals surface area contributed by atoms with Crippen LogP contribution in [0.1, 0.15) is 28.7 Å². The van der Waals surface area contributed by atoms with Gasteiger partial charge in [-0.3, -0.25) is 4.79 Å². The fourth-order valence-corrected chi connectivity index (χ4v) is 1.62. The predicted molar refractivity (Wildman–Crippen MR) is 68.6 cm³/mol. The Hall–Kier alpha value is -2.30. The predicted octanol–water partition coefficient (Wildman–Crippen LogP) is 2.77. The summed E-state index contributed by atoms with van der Waals surface area (Å²) in [5, 5.41) is 3.84. The Morgan fingerprint density at radius 1 is 1.26 bits per heavy atom. The molecule has 5 heteroatoms. The minimum absolute atomic E-state index is 0.290. The van der Waals surface area contributed by atoms with Gasteiger partial charge in [-0.1, -0.05) is 5.16 Å². The maximum Gasteiger partial charge on any atom is 0.161 e. The Morgan fingerprint density at radius 3 is 2.74 bits per heavy atom. The number of aryl methyl sites for hydroxylation is 1. The highest BCUT2D eigenvalue weighted by atomic mass is 16.5. The van der Waals surface area contributed by atoms with Gasteiger partial charge in [0.1, 0.15) is 24.3 Å². The molecule has 1 heterocycles. The van der Waals surface area contributed by atoms with E-state index in [0.717, 1.165) is 12.0 Å². The molecular formula is C14H15NO4. The van der Waals surface area contributed by atoms with Crippen LogP contribution in [0, 0.1) is 6.92 Å². The van der Waals surface area contributed by atoms with Crippen molar-refractivity contribution in [2.45, 2.75) is 20.5 Å². The van der Waals surface area contributed by atoms with Crippen LogP contribution in [-0.4, -0.2) is 18.0 Å². The zero-order valence-corrected chi connectivity index (χ0v) is 10.9. The first-order valence-electron chi connectivity index (χ1n) is 6.00. The topological polar surface area (TPSA) is 61.6 Å². The monoisotopic (exact) mass is 261 g/mol. The molecule has 0 saturated heterocycles. The summed E-state index contributed by atoms with van der Waals surface area (Å²) in [6.45, 7) is 4.49. The third-order valence-electron chi connectivity index (χ3n) is 2.46. The lowest BCUT2D eigenvalue weighted by atomic mass is 10.2. The van der Waals surface area contributed by atoms with E-state index in [9.17, 15) is 4.79 Å². The Morgan fingerprint density at radius 2 is 2.11 bits per heavy atom. The highest BCUT2D eigenvalue weighted by Crippen LogP contribution is 2.28. The van der Waals surface area contributed by atoms with Gasteiger partial charge in [-0.25, -0.2) is 0 Å². The summed E-state index contributed by atoms with van der Waals surface area (Å²) in [5.41, 5.74) is 1.26. The van der Waals surface area contributed by atoms with Crippen LogP contribution in [0.3, 0.4) is 0 Å². The summed E-state index contributed by atoms with van der Waals surface area (Å²) in [6, 6.07) is 6.85. The number of aldehydes is 1. The molecule has 0 aliphatic heterocycles. The van der Waals surface area contributed by atoms with Crippen LogP contribution < -0.4 is 9.47 Å². The van der Waals surface area contributed by atoms with Gasteiger partial charge in [0, 0.05) is 11.6 Å². The van der Waals surface area contributed by atoms with Crippen molar-refractivity contribution in [2.75, 3.05) is 6.61 Å². The molecular weight excluding hydrogens is 246 g/mol. The van der Waals surface area contributed by atoms with Crippen LogP contribution in [-0.2, 0) is 6.61 Å². The summed E-state index contributed by atoms with van der Waals surface area (Å²) < 4.78 is 16.0. The van der Waals surface area contributed by atoms with Gasteiger partial charge in [0.15, 0.2) is 11.5 Å². The standard InChI is InChI=1S/C14H15NO4/c1-3-17-14-7-11(8-16)4-5-13(14)18-9-12-6-10(2)19-15-12/h4-8H,3,9H2,1-2H3. The molecule has 0 radical (unpaired) electrons. The molecule has 5 nitrogen and oxygen atoms in total. The van der Waals surface area contributed by atoms with E-state index >= 15 is 0 Å². The number of rotatable bonds is 6. The summed E-state index contributed by atoms with van der Waals surface area (Å²) in [7, 11) is 0. The second kappa shape index (κ2) is 6.04. The van der Waals surface area contributed by atoms with Crippen molar-refractivity contribution >= 4 is 6.29 Å². The van der Waals surface area contributed by atoms with Crippen molar-refractivity contribution in [1.29, 1.82) is 0 Å². The zero-order chi connectivity index (χ0) is 13.7. The fraction of sp³-hybridized carbons (Fsp3) is 0.286. The number of hydrogen-bond donors (Lipinski definition) is 0. The first-order chi connectivity index (χ1) is 9.22.